The average Bonchev–Trinajstić information content (AvgIpc) is 2.02. The maximum Gasteiger partial charge on any atom is 0.0222 e. The highest BCUT2D eigenvalue weighted by atomic mass is 15.1. The molecule has 0 saturated heterocycles. The van der Waals surface area contributed by atoms with Crippen LogP contribution in [0.4, 0.5) is 0 Å². The molecule has 0 aromatic heterocycles. The summed E-state index contributed by atoms with van der Waals surface area (Å²) < 4.78 is 0. The van der Waals surface area contributed by atoms with Crippen molar-refractivity contribution >= 4 is 0 Å². The minimum Gasteiger partial charge on any atom is -0.380 e. The van der Waals surface area contributed by atoms with Crippen molar-refractivity contribution < 1.29 is 0 Å². The number of allylic oxidation sites excluding steroid dienone is 1. The normalized spacial score (nSPS) is 14.9. The minimum atomic E-state index is 0.406. The predicted octanol–water partition coefficient (Wildman–Crippen LogP) is 3.52. The lowest BCUT2D eigenvalue weighted by Gasteiger charge is -2.34. The summed E-state index contributed by atoms with van der Waals surface area (Å²) in [6.45, 7) is 12.5. The van der Waals surface area contributed by atoms with Crippen molar-refractivity contribution in [2.45, 2.75) is 41.0 Å². The summed E-state index contributed by atoms with van der Waals surface area (Å²) in [5, 5.41) is 0. The molecule has 1 unspecified atom stereocenters. The van der Waals surface area contributed by atoms with E-state index in [1.165, 1.54) is 6.42 Å². The van der Waals surface area contributed by atoms with Crippen molar-refractivity contribution in [3.8, 4) is 0 Å². The summed E-state index contributed by atoms with van der Waals surface area (Å²) in [4.78, 5) is 2.27. The Morgan fingerprint density at radius 2 is 1.92 bits per heavy atom. The van der Waals surface area contributed by atoms with E-state index >= 15 is 0 Å². The van der Waals surface area contributed by atoms with Gasteiger partial charge in [-0.2, -0.15) is 0 Å². The SMILES string of the molecule is CC=CN(C)CC(C)(C)C(C)CC. The molecule has 13 heavy (non-hydrogen) atoms. The van der Waals surface area contributed by atoms with Crippen LogP contribution in [0.25, 0.3) is 0 Å². The molecule has 0 bridgehead atoms. The van der Waals surface area contributed by atoms with Gasteiger partial charge in [-0.25, -0.2) is 0 Å². The van der Waals surface area contributed by atoms with Crippen molar-refractivity contribution in [1.29, 1.82) is 0 Å². The van der Waals surface area contributed by atoms with Crippen LogP contribution in [-0.4, -0.2) is 18.5 Å². The quantitative estimate of drug-likeness (QED) is 0.630. The van der Waals surface area contributed by atoms with E-state index in [0.29, 0.717) is 5.41 Å². The smallest absolute Gasteiger partial charge is 0.0222 e. The predicted molar refractivity (Wildman–Crippen MR) is 60.7 cm³/mol. The zero-order valence-electron chi connectivity index (χ0n) is 10.1. The van der Waals surface area contributed by atoms with E-state index in [0.717, 1.165) is 12.5 Å². The van der Waals surface area contributed by atoms with Crippen LogP contribution in [0.2, 0.25) is 0 Å². The molecule has 0 fully saturated rings. The largest absolute Gasteiger partial charge is 0.380 e. The van der Waals surface area contributed by atoms with Crippen molar-refractivity contribution in [2.75, 3.05) is 13.6 Å². The summed E-state index contributed by atoms with van der Waals surface area (Å²) in [6.07, 6.45) is 5.49. The van der Waals surface area contributed by atoms with Gasteiger partial charge in [0.2, 0.25) is 0 Å². The first-order valence-electron chi connectivity index (χ1n) is 5.27. The second-order valence-electron chi connectivity index (χ2n) is 4.70. The molecule has 0 aliphatic carbocycles. The van der Waals surface area contributed by atoms with Crippen LogP contribution in [-0.2, 0) is 0 Å². The highest BCUT2D eigenvalue weighted by Crippen LogP contribution is 2.29. The number of rotatable bonds is 5. The molecule has 0 N–H and O–H groups in total. The summed E-state index contributed by atoms with van der Waals surface area (Å²) in [6, 6.07) is 0. The summed E-state index contributed by atoms with van der Waals surface area (Å²) in [5.41, 5.74) is 0.406. The van der Waals surface area contributed by atoms with Gasteiger partial charge >= 0.3 is 0 Å². The van der Waals surface area contributed by atoms with Crippen LogP contribution in [0.1, 0.15) is 41.0 Å². The maximum absolute atomic E-state index is 2.35. The Labute approximate surface area is 83.8 Å². The van der Waals surface area contributed by atoms with E-state index in [1.807, 2.05) is 0 Å². The van der Waals surface area contributed by atoms with Crippen LogP contribution in [0.15, 0.2) is 12.3 Å². The molecular weight excluding hydrogens is 158 g/mol. The molecule has 0 aromatic carbocycles. The van der Waals surface area contributed by atoms with Crippen molar-refractivity contribution in [2.24, 2.45) is 11.3 Å². The van der Waals surface area contributed by atoms with Gasteiger partial charge in [-0.05, 0) is 24.5 Å². The van der Waals surface area contributed by atoms with E-state index in [1.54, 1.807) is 0 Å². The Hall–Kier alpha value is -0.460. The molecule has 0 spiro atoms. The topological polar surface area (TPSA) is 3.24 Å². The number of hydrogen-bond donors (Lipinski definition) is 0. The Morgan fingerprint density at radius 3 is 2.31 bits per heavy atom. The average molecular weight is 183 g/mol. The van der Waals surface area contributed by atoms with E-state index < -0.39 is 0 Å². The standard InChI is InChI=1S/C12H25N/c1-7-9-13(6)10-12(4,5)11(3)8-2/h7,9,11H,8,10H2,1-6H3. The third kappa shape index (κ3) is 4.35. The van der Waals surface area contributed by atoms with Gasteiger partial charge in [0, 0.05) is 13.6 Å². The molecule has 0 aromatic rings. The van der Waals surface area contributed by atoms with E-state index in [9.17, 15) is 0 Å². The Kier molecular flexibility index (Phi) is 5.12. The first-order chi connectivity index (χ1) is 5.94. The molecule has 0 saturated carbocycles. The first-order valence-corrected chi connectivity index (χ1v) is 5.27. The Morgan fingerprint density at radius 1 is 1.38 bits per heavy atom. The second-order valence-corrected chi connectivity index (χ2v) is 4.70. The molecule has 0 aliphatic heterocycles. The lowest BCUT2D eigenvalue weighted by atomic mass is 9.78. The summed E-state index contributed by atoms with van der Waals surface area (Å²) in [7, 11) is 2.14. The monoisotopic (exact) mass is 183 g/mol. The van der Waals surface area contributed by atoms with Crippen LogP contribution < -0.4 is 0 Å². The van der Waals surface area contributed by atoms with Crippen molar-refractivity contribution in [1.82, 2.24) is 4.90 Å². The van der Waals surface area contributed by atoms with Crippen LogP contribution in [0.3, 0.4) is 0 Å². The number of hydrogen-bond acceptors (Lipinski definition) is 1. The van der Waals surface area contributed by atoms with Crippen molar-refractivity contribution in [3.63, 3.8) is 0 Å². The summed E-state index contributed by atoms with van der Waals surface area (Å²) >= 11 is 0. The maximum atomic E-state index is 2.35. The first kappa shape index (κ1) is 12.5. The molecule has 0 aliphatic rings. The molecule has 1 heteroatoms. The minimum absolute atomic E-state index is 0.406. The third-order valence-electron chi connectivity index (χ3n) is 3.01. The van der Waals surface area contributed by atoms with E-state index in [4.69, 9.17) is 0 Å². The lowest BCUT2D eigenvalue weighted by molar-refractivity contribution is 0.170. The molecule has 1 nitrogen and oxygen atoms in total. The fraction of sp³-hybridized carbons (Fsp3) is 0.833. The second kappa shape index (κ2) is 5.31. The van der Waals surface area contributed by atoms with Gasteiger partial charge in [-0.3, -0.25) is 0 Å². The molecule has 78 valence electrons. The van der Waals surface area contributed by atoms with Gasteiger partial charge in [0.05, 0.1) is 0 Å². The lowest BCUT2D eigenvalue weighted by Crippen LogP contribution is -2.33. The van der Waals surface area contributed by atoms with E-state index in [-0.39, 0.29) is 0 Å². The molecular formula is C12H25N. The summed E-state index contributed by atoms with van der Waals surface area (Å²) in [5.74, 6) is 0.778. The van der Waals surface area contributed by atoms with Gasteiger partial charge in [-0.15, -0.1) is 0 Å². The third-order valence-corrected chi connectivity index (χ3v) is 3.01. The molecule has 0 amide bonds. The van der Waals surface area contributed by atoms with Gasteiger partial charge in [-0.1, -0.05) is 40.2 Å². The zero-order valence-corrected chi connectivity index (χ0v) is 10.1. The molecule has 0 heterocycles. The van der Waals surface area contributed by atoms with Crippen LogP contribution in [0, 0.1) is 11.3 Å². The molecule has 1 atom stereocenters. The van der Waals surface area contributed by atoms with Crippen LogP contribution in [0.5, 0.6) is 0 Å². The molecule has 0 radical (unpaired) electrons. The number of nitrogens with zero attached hydrogens (tertiary/aromatic N) is 1. The van der Waals surface area contributed by atoms with Gasteiger partial charge in [0.25, 0.3) is 0 Å². The van der Waals surface area contributed by atoms with Crippen LogP contribution >= 0.6 is 0 Å². The van der Waals surface area contributed by atoms with E-state index in [2.05, 4.69) is 58.8 Å². The fourth-order valence-corrected chi connectivity index (χ4v) is 1.66. The van der Waals surface area contributed by atoms with Gasteiger partial charge < -0.3 is 4.90 Å². The van der Waals surface area contributed by atoms with Gasteiger partial charge in [0.1, 0.15) is 0 Å². The highest BCUT2D eigenvalue weighted by molar-refractivity contribution is 4.83. The Balaban J connectivity index is 4.15. The molecule has 0 rings (SSSR count). The van der Waals surface area contributed by atoms with Gasteiger partial charge in [0.15, 0.2) is 0 Å². The Bertz CT molecular complexity index is 159. The fourth-order valence-electron chi connectivity index (χ4n) is 1.66. The van der Waals surface area contributed by atoms with Crippen molar-refractivity contribution in [3.05, 3.63) is 12.3 Å². The highest BCUT2D eigenvalue weighted by Gasteiger charge is 2.25. The zero-order chi connectivity index (χ0) is 10.5.